The third-order valence-corrected chi connectivity index (χ3v) is 11.7. The van der Waals surface area contributed by atoms with Gasteiger partial charge in [-0.25, -0.2) is 0 Å². The van der Waals surface area contributed by atoms with Crippen molar-refractivity contribution >= 4 is 8.32 Å². The second-order valence-corrected chi connectivity index (χ2v) is 15.8. The number of hydrogen-bond donors (Lipinski definition) is 0. The van der Waals surface area contributed by atoms with Crippen LogP contribution in [-0.2, 0) is 24.1 Å². The molecule has 0 spiro atoms. The average Bonchev–Trinajstić information content (AvgIpc) is 3.46. The van der Waals surface area contributed by atoms with Gasteiger partial charge in [-0.05, 0) is 48.3 Å². The van der Waals surface area contributed by atoms with Gasteiger partial charge in [0.1, 0.15) is 30.1 Å². The zero-order valence-corrected chi connectivity index (χ0v) is 24.6. The molecule has 0 aliphatic rings. The summed E-state index contributed by atoms with van der Waals surface area (Å²) in [5.41, 5.74) is 3.82. The summed E-state index contributed by atoms with van der Waals surface area (Å²) >= 11 is 0. The molecule has 0 aliphatic carbocycles. The van der Waals surface area contributed by atoms with Crippen molar-refractivity contribution in [1.82, 2.24) is 24.5 Å². The molecule has 0 atom stereocenters. The minimum Gasteiger partial charge on any atom is -0.497 e. The van der Waals surface area contributed by atoms with Crippen LogP contribution >= 0.6 is 0 Å². The third kappa shape index (κ3) is 6.34. The minimum atomic E-state index is -1.89. The SMILES string of the molecule is COc1ccc(Cn2cnnc2-c2c(OCc3ccccc3)c(C)nn2CCO[Si](C)(C)C(C)(C)C)cc1. The molecule has 0 bridgehead atoms. The summed E-state index contributed by atoms with van der Waals surface area (Å²) in [6.07, 6.45) is 1.75. The van der Waals surface area contributed by atoms with Crippen molar-refractivity contribution in [2.24, 2.45) is 0 Å². The molecule has 0 fully saturated rings. The average molecular weight is 534 g/mol. The standard InChI is InChI=1S/C29H39N5O3Si/c1-22-27(36-20-24-11-9-8-10-12-24)26(34(32-22)17-18-37-38(6,7)29(2,3)4)28-31-30-21-33(28)19-23-13-15-25(35-5)16-14-23/h8-16,21H,17-20H2,1-7H3. The predicted octanol–water partition coefficient (Wildman–Crippen LogP) is 6.11. The van der Waals surface area contributed by atoms with Crippen LogP contribution in [0.2, 0.25) is 18.1 Å². The second kappa shape index (κ2) is 11.5. The van der Waals surface area contributed by atoms with Crippen LogP contribution in [0.4, 0.5) is 0 Å². The van der Waals surface area contributed by atoms with Gasteiger partial charge in [-0.1, -0.05) is 63.2 Å². The van der Waals surface area contributed by atoms with E-state index in [9.17, 15) is 0 Å². The molecule has 0 aliphatic heterocycles. The molecule has 0 unspecified atom stereocenters. The van der Waals surface area contributed by atoms with E-state index >= 15 is 0 Å². The third-order valence-electron chi connectivity index (χ3n) is 7.21. The number of aryl methyl sites for hydroxylation is 1. The molecule has 0 saturated carbocycles. The van der Waals surface area contributed by atoms with Crippen molar-refractivity contribution in [3.63, 3.8) is 0 Å². The highest BCUT2D eigenvalue weighted by Crippen LogP contribution is 2.37. The predicted molar refractivity (Wildman–Crippen MR) is 152 cm³/mol. The van der Waals surface area contributed by atoms with Gasteiger partial charge in [-0.3, -0.25) is 4.68 Å². The minimum absolute atomic E-state index is 0.137. The molecule has 2 heterocycles. The molecule has 9 heteroatoms. The van der Waals surface area contributed by atoms with Crippen LogP contribution in [0.1, 0.15) is 37.6 Å². The molecule has 0 N–H and O–H groups in total. The van der Waals surface area contributed by atoms with E-state index in [2.05, 4.69) is 56.2 Å². The number of hydrogen-bond acceptors (Lipinski definition) is 6. The number of methoxy groups -OCH3 is 1. The van der Waals surface area contributed by atoms with E-state index in [1.807, 2.05) is 58.6 Å². The van der Waals surface area contributed by atoms with Gasteiger partial charge in [-0.2, -0.15) is 5.10 Å². The van der Waals surface area contributed by atoms with E-state index in [0.717, 1.165) is 28.3 Å². The monoisotopic (exact) mass is 533 g/mol. The number of nitrogens with zero attached hydrogens (tertiary/aromatic N) is 5. The molecule has 38 heavy (non-hydrogen) atoms. The lowest BCUT2D eigenvalue weighted by atomic mass is 10.2. The van der Waals surface area contributed by atoms with Crippen LogP contribution in [0, 0.1) is 6.92 Å². The van der Waals surface area contributed by atoms with E-state index in [-0.39, 0.29) is 5.04 Å². The summed E-state index contributed by atoms with van der Waals surface area (Å²) in [6, 6.07) is 18.1. The van der Waals surface area contributed by atoms with Crippen molar-refractivity contribution in [3.8, 4) is 23.0 Å². The molecule has 202 valence electrons. The van der Waals surface area contributed by atoms with Crippen molar-refractivity contribution < 1.29 is 13.9 Å². The fourth-order valence-corrected chi connectivity index (χ4v) is 4.97. The van der Waals surface area contributed by atoms with Gasteiger partial charge < -0.3 is 18.5 Å². The second-order valence-electron chi connectivity index (χ2n) is 11.0. The molecule has 0 radical (unpaired) electrons. The number of aromatic nitrogens is 5. The van der Waals surface area contributed by atoms with Gasteiger partial charge in [0.25, 0.3) is 0 Å². The Balaban J connectivity index is 1.65. The lowest BCUT2D eigenvalue weighted by Crippen LogP contribution is -2.41. The molecule has 0 saturated heterocycles. The number of benzene rings is 2. The highest BCUT2D eigenvalue weighted by Gasteiger charge is 2.37. The molecule has 2 aromatic heterocycles. The Morgan fingerprint density at radius 2 is 1.66 bits per heavy atom. The fraction of sp³-hybridized carbons (Fsp3) is 0.414. The molecular formula is C29H39N5O3Si. The van der Waals surface area contributed by atoms with Crippen molar-refractivity contribution in [2.45, 2.75) is 65.5 Å². The largest absolute Gasteiger partial charge is 0.497 e. The molecule has 4 aromatic rings. The van der Waals surface area contributed by atoms with E-state index in [0.29, 0.717) is 37.9 Å². The Morgan fingerprint density at radius 1 is 0.947 bits per heavy atom. The van der Waals surface area contributed by atoms with Gasteiger partial charge in [0.15, 0.2) is 19.9 Å². The van der Waals surface area contributed by atoms with Gasteiger partial charge in [0.05, 0.1) is 26.8 Å². The van der Waals surface area contributed by atoms with Gasteiger partial charge in [0.2, 0.25) is 0 Å². The Morgan fingerprint density at radius 3 is 2.32 bits per heavy atom. The van der Waals surface area contributed by atoms with Gasteiger partial charge in [-0.15, -0.1) is 10.2 Å². The van der Waals surface area contributed by atoms with Crippen LogP contribution in [0.15, 0.2) is 60.9 Å². The van der Waals surface area contributed by atoms with Crippen LogP contribution in [0.25, 0.3) is 11.5 Å². The van der Waals surface area contributed by atoms with E-state index in [4.69, 9.17) is 19.0 Å². The molecular weight excluding hydrogens is 494 g/mol. The van der Waals surface area contributed by atoms with Gasteiger partial charge >= 0.3 is 0 Å². The smallest absolute Gasteiger partial charge is 0.192 e. The van der Waals surface area contributed by atoms with Crippen molar-refractivity contribution in [3.05, 3.63) is 77.7 Å². The molecule has 4 rings (SSSR count). The molecule has 2 aromatic carbocycles. The highest BCUT2D eigenvalue weighted by molar-refractivity contribution is 6.74. The Bertz CT molecular complexity index is 1320. The van der Waals surface area contributed by atoms with Crippen molar-refractivity contribution in [1.29, 1.82) is 0 Å². The highest BCUT2D eigenvalue weighted by atomic mass is 28.4. The lowest BCUT2D eigenvalue weighted by Gasteiger charge is -2.36. The maximum Gasteiger partial charge on any atom is 0.192 e. The summed E-state index contributed by atoms with van der Waals surface area (Å²) < 4.78 is 22.2. The lowest BCUT2D eigenvalue weighted by molar-refractivity contribution is 0.266. The molecule has 8 nitrogen and oxygen atoms in total. The first kappa shape index (κ1) is 27.6. The van der Waals surface area contributed by atoms with Crippen LogP contribution in [0.3, 0.4) is 0 Å². The van der Waals surface area contributed by atoms with Crippen LogP contribution < -0.4 is 9.47 Å². The summed E-state index contributed by atoms with van der Waals surface area (Å²) in [6.45, 7) is 15.5. The summed E-state index contributed by atoms with van der Waals surface area (Å²) in [5, 5.41) is 13.8. The van der Waals surface area contributed by atoms with Crippen LogP contribution in [-0.4, -0.2) is 46.6 Å². The van der Waals surface area contributed by atoms with Gasteiger partial charge in [0, 0.05) is 0 Å². The number of ether oxygens (including phenoxy) is 2. The Kier molecular flexibility index (Phi) is 8.37. The molecule has 0 amide bonds. The Hall–Kier alpha value is -3.43. The zero-order valence-electron chi connectivity index (χ0n) is 23.6. The van der Waals surface area contributed by atoms with E-state index < -0.39 is 8.32 Å². The zero-order chi connectivity index (χ0) is 27.3. The maximum absolute atomic E-state index is 6.48. The van der Waals surface area contributed by atoms with Crippen molar-refractivity contribution in [2.75, 3.05) is 13.7 Å². The quantitative estimate of drug-likeness (QED) is 0.217. The summed E-state index contributed by atoms with van der Waals surface area (Å²) in [4.78, 5) is 0. The first-order valence-corrected chi connectivity index (χ1v) is 15.9. The first-order valence-electron chi connectivity index (χ1n) is 13.0. The summed E-state index contributed by atoms with van der Waals surface area (Å²) in [7, 11) is -0.225. The van der Waals surface area contributed by atoms with E-state index in [1.54, 1.807) is 13.4 Å². The fourth-order valence-electron chi connectivity index (χ4n) is 3.93. The normalized spacial score (nSPS) is 12.1. The first-order chi connectivity index (χ1) is 18.1. The van der Waals surface area contributed by atoms with E-state index in [1.165, 1.54) is 0 Å². The topological polar surface area (TPSA) is 76.2 Å². The van der Waals surface area contributed by atoms with Crippen LogP contribution in [0.5, 0.6) is 11.5 Å². The summed E-state index contributed by atoms with van der Waals surface area (Å²) in [5.74, 6) is 2.24. The maximum atomic E-state index is 6.48. The Labute approximate surface area is 226 Å². The number of rotatable bonds is 11.